The van der Waals surface area contributed by atoms with Crippen molar-refractivity contribution in [1.29, 1.82) is 0 Å². The SMILES string of the molecule is CC(C)CSC(C)SCC(C)C. The van der Waals surface area contributed by atoms with Crippen molar-refractivity contribution in [1.82, 2.24) is 0 Å². The third-order valence-electron chi connectivity index (χ3n) is 1.33. The van der Waals surface area contributed by atoms with Gasteiger partial charge in [-0.15, -0.1) is 23.5 Å². The Hall–Kier alpha value is 0.700. The molecular formula is C10H22S2. The second-order valence-electron chi connectivity index (χ2n) is 4.02. The highest BCUT2D eigenvalue weighted by molar-refractivity contribution is 8.16. The van der Waals surface area contributed by atoms with Crippen LogP contribution in [0.3, 0.4) is 0 Å². The number of hydrogen-bond acceptors (Lipinski definition) is 2. The predicted octanol–water partition coefficient (Wildman–Crippen LogP) is 4.11. The maximum Gasteiger partial charge on any atom is 0.0474 e. The normalized spacial score (nSPS) is 12.0. The van der Waals surface area contributed by atoms with Gasteiger partial charge in [0.25, 0.3) is 0 Å². The quantitative estimate of drug-likeness (QED) is 0.600. The average molecular weight is 206 g/mol. The van der Waals surface area contributed by atoms with E-state index in [0.29, 0.717) is 0 Å². The maximum absolute atomic E-state index is 2.32. The lowest BCUT2D eigenvalue weighted by Gasteiger charge is -2.13. The van der Waals surface area contributed by atoms with E-state index < -0.39 is 0 Å². The molecule has 0 amide bonds. The second-order valence-corrected chi connectivity index (χ2v) is 7.07. The fourth-order valence-electron chi connectivity index (χ4n) is 0.704. The van der Waals surface area contributed by atoms with E-state index in [9.17, 15) is 0 Å². The van der Waals surface area contributed by atoms with Crippen molar-refractivity contribution < 1.29 is 0 Å². The van der Waals surface area contributed by atoms with E-state index in [1.165, 1.54) is 11.5 Å². The zero-order valence-electron chi connectivity index (χ0n) is 8.96. The first-order chi connectivity index (χ1) is 5.52. The molecule has 74 valence electrons. The topological polar surface area (TPSA) is 0 Å². The zero-order chi connectivity index (χ0) is 9.56. The molecule has 0 aliphatic heterocycles. The standard InChI is InChI=1S/C10H22S2/c1-8(2)6-11-10(5)12-7-9(3)4/h8-10H,6-7H2,1-5H3. The van der Waals surface area contributed by atoms with E-state index in [0.717, 1.165) is 16.4 Å². The van der Waals surface area contributed by atoms with Crippen LogP contribution in [0.25, 0.3) is 0 Å². The summed E-state index contributed by atoms with van der Waals surface area (Å²) in [6, 6.07) is 0. The fraction of sp³-hybridized carbons (Fsp3) is 1.00. The smallest absolute Gasteiger partial charge is 0.0474 e. The molecule has 0 saturated carbocycles. The van der Waals surface area contributed by atoms with E-state index in [4.69, 9.17) is 0 Å². The van der Waals surface area contributed by atoms with Gasteiger partial charge in [0.05, 0.1) is 0 Å². The first kappa shape index (κ1) is 12.7. The summed E-state index contributed by atoms with van der Waals surface area (Å²) in [5.41, 5.74) is 0. The Bertz CT molecular complexity index is 88.0. The van der Waals surface area contributed by atoms with Crippen molar-refractivity contribution in [2.75, 3.05) is 11.5 Å². The van der Waals surface area contributed by atoms with Crippen LogP contribution in [0.4, 0.5) is 0 Å². The van der Waals surface area contributed by atoms with Crippen molar-refractivity contribution >= 4 is 23.5 Å². The van der Waals surface area contributed by atoms with Gasteiger partial charge in [0.15, 0.2) is 0 Å². The summed E-state index contributed by atoms with van der Waals surface area (Å²) in [7, 11) is 0. The minimum absolute atomic E-state index is 0.773. The van der Waals surface area contributed by atoms with Gasteiger partial charge in [0, 0.05) is 4.58 Å². The van der Waals surface area contributed by atoms with E-state index in [2.05, 4.69) is 58.1 Å². The Morgan fingerprint density at radius 2 is 1.08 bits per heavy atom. The van der Waals surface area contributed by atoms with E-state index in [-0.39, 0.29) is 0 Å². The van der Waals surface area contributed by atoms with Gasteiger partial charge in [0.2, 0.25) is 0 Å². The van der Waals surface area contributed by atoms with Crippen LogP contribution < -0.4 is 0 Å². The van der Waals surface area contributed by atoms with Crippen LogP contribution in [0.5, 0.6) is 0 Å². The van der Waals surface area contributed by atoms with E-state index in [1.807, 2.05) is 0 Å². The van der Waals surface area contributed by atoms with Gasteiger partial charge in [-0.05, 0) is 30.3 Å². The van der Waals surface area contributed by atoms with Gasteiger partial charge in [-0.25, -0.2) is 0 Å². The average Bonchev–Trinajstić information content (AvgIpc) is 1.96. The molecular weight excluding hydrogens is 184 g/mol. The van der Waals surface area contributed by atoms with E-state index in [1.54, 1.807) is 0 Å². The summed E-state index contributed by atoms with van der Waals surface area (Å²) >= 11 is 4.18. The Labute approximate surface area is 86.3 Å². The van der Waals surface area contributed by atoms with Crippen LogP contribution in [0.15, 0.2) is 0 Å². The molecule has 0 heterocycles. The van der Waals surface area contributed by atoms with Crippen LogP contribution in [0, 0.1) is 11.8 Å². The number of hydrogen-bond donors (Lipinski definition) is 0. The molecule has 0 bridgehead atoms. The molecule has 0 saturated heterocycles. The third kappa shape index (κ3) is 8.79. The fourth-order valence-corrected chi connectivity index (χ4v) is 2.87. The molecule has 12 heavy (non-hydrogen) atoms. The molecule has 0 unspecified atom stereocenters. The molecule has 0 N–H and O–H groups in total. The monoisotopic (exact) mass is 206 g/mol. The van der Waals surface area contributed by atoms with Crippen molar-refractivity contribution in [3.63, 3.8) is 0 Å². The van der Waals surface area contributed by atoms with Crippen molar-refractivity contribution in [2.45, 2.75) is 39.2 Å². The Balaban J connectivity index is 3.27. The van der Waals surface area contributed by atoms with Crippen molar-refractivity contribution in [3.8, 4) is 0 Å². The summed E-state index contributed by atoms with van der Waals surface area (Å²) in [5, 5.41) is 0. The van der Waals surface area contributed by atoms with Gasteiger partial charge < -0.3 is 0 Å². The minimum atomic E-state index is 0.773. The molecule has 0 aromatic heterocycles. The van der Waals surface area contributed by atoms with Crippen LogP contribution in [-0.4, -0.2) is 16.1 Å². The van der Waals surface area contributed by atoms with Crippen LogP contribution in [0.1, 0.15) is 34.6 Å². The van der Waals surface area contributed by atoms with Crippen LogP contribution >= 0.6 is 23.5 Å². The van der Waals surface area contributed by atoms with Crippen molar-refractivity contribution in [2.24, 2.45) is 11.8 Å². The van der Waals surface area contributed by atoms with Gasteiger partial charge in [-0.1, -0.05) is 27.7 Å². The Morgan fingerprint density at radius 1 is 0.750 bits per heavy atom. The van der Waals surface area contributed by atoms with Gasteiger partial charge in [0.1, 0.15) is 0 Å². The highest BCUT2D eigenvalue weighted by Crippen LogP contribution is 2.26. The first-order valence-electron chi connectivity index (χ1n) is 4.75. The molecule has 0 atom stereocenters. The summed E-state index contributed by atoms with van der Waals surface area (Å²) < 4.78 is 0.773. The minimum Gasteiger partial charge on any atom is -0.148 e. The molecule has 0 aromatic rings. The number of rotatable bonds is 6. The maximum atomic E-state index is 2.32. The third-order valence-corrected chi connectivity index (χ3v) is 4.80. The highest BCUT2D eigenvalue weighted by Gasteiger charge is 2.05. The molecule has 0 aliphatic rings. The molecule has 0 aromatic carbocycles. The predicted molar refractivity (Wildman–Crippen MR) is 64.1 cm³/mol. The second kappa shape index (κ2) is 7.14. The van der Waals surface area contributed by atoms with Crippen molar-refractivity contribution in [3.05, 3.63) is 0 Å². The molecule has 2 heteroatoms. The molecule has 0 rings (SSSR count). The lowest BCUT2D eigenvalue weighted by Crippen LogP contribution is -2.00. The molecule has 0 spiro atoms. The van der Waals surface area contributed by atoms with Gasteiger partial charge in [-0.2, -0.15) is 0 Å². The Kier molecular flexibility index (Phi) is 7.55. The lowest BCUT2D eigenvalue weighted by atomic mass is 10.3. The van der Waals surface area contributed by atoms with E-state index >= 15 is 0 Å². The first-order valence-corrected chi connectivity index (χ1v) is 6.85. The van der Waals surface area contributed by atoms with Crippen LogP contribution in [-0.2, 0) is 0 Å². The summed E-state index contributed by atoms with van der Waals surface area (Å²) in [4.78, 5) is 0. The van der Waals surface area contributed by atoms with Gasteiger partial charge >= 0.3 is 0 Å². The number of thioether (sulfide) groups is 2. The summed E-state index contributed by atoms with van der Waals surface area (Å²) in [6.45, 7) is 11.5. The summed E-state index contributed by atoms with van der Waals surface area (Å²) in [6.07, 6.45) is 0. The lowest BCUT2D eigenvalue weighted by molar-refractivity contribution is 0.747. The molecule has 0 radical (unpaired) electrons. The van der Waals surface area contributed by atoms with Gasteiger partial charge in [-0.3, -0.25) is 0 Å². The molecule has 0 aliphatic carbocycles. The largest absolute Gasteiger partial charge is 0.148 e. The molecule has 0 nitrogen and oxygen atoms in total. The highest BCUT2D eigenvalue weighted by atomic mass is 32.2. The van der Waals surface area contributed by atoms with Crippen LogP contribution in [0.2, 0.25) is 0 Å². The zero-order valence-corrected chi connectivity index (χ0v) is 10.6. The summed E-state index contributed by atoms with van der Waals surface area (Å²) in [5.74, 6) is 4.26. The Morgan fingerprint density at radius 3 is 1.33 bits per heavy atom. The molecule has 0 fully saturated rings.